The van der Waals surface area contributed by atoms with Crippen LogP contribution in [0.1, 0.15) is 33.6 Å². The number of rotatable bonds is 10. The minimum Gasteiger partial charge on any atom is -0.466 e. The first-order valence-corrected chi connectivity index (χ1v) is 7.15. The molecule has 0 aliphatic heterocycles. The molecule has 0 aromatic heterocycles. The average molecular weight is 246 g/mol. The number of hydrogen-bond donors (Lipinski definition) is 0. The number of esters is 1. The van der Waals surface area contributed by atoms with Gasteiger partial charge >= 0.3 is 5.97 Å². The van der Waals surface area contributed by atoms with Gasteiger partial charge in [0.25, 0.3) is 0 Å². The SMILES string of the molecule is CCOC(=O)CCC[Si]C(OCC)OCC. The smallest absolute Gasteiger partial charge is 0.305 e. The van der Waals surface area contributed by atoms with Gasteiger partial charge in [0.05, 0.1) is 6.61 Å². The van der Waals surface area contributed by atoms with Crippen LogP contribution >= 0.6 is 0 Å². The minimum atomic E-state index is -0.114. The van der Waals surface area contributed by atoms with E-state index in [9.17, 15) is 4.79 Å². The van der Waals surface area contributed by atoms with Gasteiger partial charge in [-0.1, -0.05) is 6.04 Å². The molecular weight excluding hydrogens is 224 g/mol. The Labute approximate surface area is 100 Å². The molecule has 0 aromatic rings. The van der Waals surface area contributed by atoms with Crippen molar-refractivity contribution in [3.8, 4) is 0 Å². The van der Waals surface area contributed by atoms with Crippen LogP contribution in [0.5, 0.6) is 0 Å². The van der Waals surface area contributed by atoms with Crippen LogP contribution in [0.3, 0.4) is 0 Å². The average Bonchev–Trinajstić information content (AvgIpc) is 2.25. The standard InChI is InChI=1S/C11H22O4Si/c1-4-13-10(12)8-7-9-16-11(14-5-2)15-6-3/h11H,4-9H2,1-3H3. The van der Waals surface area contributed by atoms with Gasteiger partial charge in [-0.15, -0.1) is 0 Å². The summed E-state index contributed by atoms with van der Waals surface area (Å²) in [4.78, 5) is 11.1. The van der Waals surface area contributed by atoms with Crippen molar-refractivity contribution in [3.05, 3.63) is 0 Å². The Bertz CT molecular complexity index is 169. The number of carbonyl (C=O) groups is 1. The second kappa shape index (κ2) is 11.1. The Kier molecular flexibility index (Phi) is 10.8. The van der Waals surface area contributed by atoms with Crippen molar-refractivity contribution in [2.75, 3.05) is 19.8 Å². The van der Waals surface area contributed by atoms with E-state index in [0.29, 0.717) is 35.8 Å². The highest BCUT2D eigenvalue weighted by molar-refractivity contribution is 6.36. The van der Waals surface area contributed by atoms with Gasteiger partial charge in [-0.05, 0) is 27.2 Å². The molecule has 5 heteroatoms. The largest absolute Gasteiger partial charge is 0.466 e. The highest BCUT2D eigenvalue weighted by Gasteiger charge is 2.09. The lowest BCUT2D eigenvalue weighted by atomic mass is 10.3. The monoisotopic (exact) mass is 246 g/mol. The summed E-state index contributed by atoms with van der Waals surface area (Å²) in [7, 11) is 0.586. The maximum atomic E-state index is 11.1. The lowest BCUT2D eigenvalue weighted by Crippen LogP contribution is -2.24. The second-order valence-corrected chi connectivity index (χ2v) is 4.48. The molecule has 94 valence electrons. The van der Waals surface area contributed by atoms with Crippen LogP contribution in [0, 0.1) is 0 Å². The van der Waals surface area contributed by atoms with Gasteiger partial charge in [-0.25, -0.2) is 0 Å². The molecule has 0 atom stereocenters. The lowest BCUT2D eigenvalue weighted by Gasteiger charge is -2.15. The minimum absolute atomic E-state index is 0.0998. The lowest BCUT2D eigenvalue weighted by molar-refractivity contribution is -0.143. The third kappa shape index (κ3) is 8.88. The quantitative estimate of drug-likeness (QED) is 0.255. The molecule has 0 unspecified atom stereocenters. The summed E-state index contributed by atoms with van der Waals surface area (Å²) >= 11 is 0. The van der Waals surface area contributed by atoms with Crippen molar-refractivity contribution in [1.29, 1.82) is 0 Å². The maximum Gasteiger partial charge on any atom is 0.305 e. The molecular formula is C11H22O4Si. The molecule has 0 bridgehead atoms. The van der Waals surface area contributed by atoms with Crippen LogP contribution in [-0.2, 0) is 19.0 Å². The van der Waals surface area contributed by atoms with Crippen LogP contribution in [0.4, 0.5) is 0 Å². The zero-order valence-corrected chi connectivity index (χ0v) is 11.5. The summed E-state index contributed by atoms with van der Waals surface area (Å²) in [6.07, 6.45) is 1.33. The zero-order valence-electron chi connectivity index (χ0n) is 10.5. The van der Waals surface area contributed by atoms with Crippen molar-refractivity contribution < 1.29 is 19.0 Å². The fraction of sp³-hybridized carbons (Fsp3) is 0.909. The molecule has 0 aliphatic rings. The van der Waals surface area contributed by atoms with Crippen LogP contribution in [0.2, 0.25) is 6.04 Å². The summed E-state index contributed by atoms with van der Waals surface area (Å²) in [5.74, 6) is -0.214. The van der Waals surface area contributed by atoms with E-state index in [2.05, 4.69) is 0 Å². The topological polar surface area (TPSA) is 44.8 Å². The maximum absolute atomic E-state index is 11.1. The van der Waals surface area contributed by atoms with E-state index in [-0.39, 0.29) is 11.9 Å². The highest BCUT2D eigenvalue weighted by atomic mass is 28.2. The first kappa shape index (κ1) is 15.6. The summed E-state index contributed by atoms with van der Waals surface area (Å²) in [6.45, 7) is 7.51. The molecule has 2 radical (unpaired) electrons. The van der Waals surface area contributed by atoms with Crippen molar-refractivity contribution in [3.63, 3.8) is 0 Å². The van der Waals surface area contributed by atoms with E-state index in [0.717, 1.165) is 12.5 Å². The highest BCUT2D eigenvalue weighted by Crippen LogP contribution is 2.02. The van der Waals surface area contributed by atoms with Crippen molar-refractivity contribution >= 4 is 15.5 Å². The van der Waals surface area contributed by atoms with E-state index in [1.165, 1.54) is 0 Å². The Morgan fingerprint density at radius 2 is 1.75 bits per heavy atom. The van der Waals surface area contributed by atoms with Crippen molar-refractivity contribution in [2.45, 2.75) is 45.6 Å². The third-order valence-electron chi connectivity index (χ3n) is 1.81. The van der Waals surface area contributed by atoms with Crippen molar-refractivity contribution in [1.82, 2.24) is 0 Å². The fourth-order valence-corrected chi connectivity index (χ4v) is 2.34. The van der Waals surface area contributed by atoms with Crippen molar-refractivity contribution in [2.24, 2.45) is 0 Å². The molecule has 0 spiro atoms. The normalized spacial score (nSPS) is 10.8. The molecule has 4 nitrogen and oxygen atoms in total. The van der Waals surface area contributed by atoms with E-state index < -0.39 is 0 Å². The second-order valence-electron chi connectivity index (χ2n) is 3.11. The molecule has 0 amide bonds. The predicted molar refractivity (Wildman–Crippen MR) is 63.5 cm³/mol. The Morgan fingerprint density at radius 1 is 1.12 bits per heavy atom. The Balaban J connectivity index is 3.49. The molecule has 0 aliphatic carbocycles. The molecule has 0 rings (SSSR count). The van der Waals surface area contributed by atoms with E-state index in [1.54, 1.807) is 0 Å². The first-order chi connectivity index (χ1) is 7.74. The van der Waals surface area contributed by atoms with Crippen LogP contribution in [0.25, 0.3) is 0 Å². The summed E-state index contributed by atoms with van der Waals surface area (Å²) in [5.41, 5.74) is 0. The van der Waals surface area contributed by atoms with Gasteiger partial charge in [0.2, 0.25) is 0 Å². The van der Waals surface area contributed by atoms with Gasteiger partial charge < -0.3 is 14.2 Å². The summed E-state index contributed by atoms with van der Waals surface area (Å²) in [5, 5.41) is 0. The summed E-state index contributed by atoms with van der Waals surface area (Å²) in [6, 6.07) is 0.948. The van der Waals surface area contributed by atoms with Gasteiger partial charge in [0, 0.05) is 19.6 Å². The van der Waals surface area contributed by atoms with E-state index in [4.69, 9.17) is 14.2 Å². The molecule has 0 fully saturated rings. The molecule has 0 saturated heterocycles. The van der Waals surface area contributed by atoms with Crippen LogP contribution in [-0.4, -0.2) is 41.2 Å². The third-order valence-corrected chi connectivity index (χ3v) is 3.12. The molecule has 0 N–H and O–H groups in total. The Morgan fingerprint density at radius 3 is 2.25 bits per heavy atom. The number of carbonyl (C=O) groups excluding carboxylic acids is 1. The van der Waals surface area contributed by atoms with Gasteiger partial charge in [-0.3, -0.25) is 4.79 Å². The molecule has 0 aromatic carbocycles. The molecule has 0 heterocycles. The first-order valence-electron chi connectivity index (χ1n) is 5.86. The van der Waals surface area contributed by atoms with E-state index >= 15 is 0 Å². The summed E-state index contributed by atoms with van der Waals surface area (Å²) < 4.78 is 15.7. The molecule has 16 heavy (non-hydrogen) atoms. The van der Waals surface area contributed by atoms with Gasteiger partial charge in [0.1, 0.15) is 15.4 Å². The number of hydrogen-bond acceptors (Lipinski definition) is 4. The van der Waals surface area contributed by atoms with Crippen LogP contribution < -0.4 is 0 Å². The zero-order chi connectivity index (χ0) is 12.2. The Hall–Kier alpha value is -0.393. The fourth-order valence-electron chi connectivity index (χ4n) is 1.15. The van der Waals surface area contributed by atoms with Gasteiger partial charge in [-0.2, -0.15) is 0 Å². The molecule has 0 saturated carbocycles. The number of ether oxygens (including phenoxy) is 3. The van der Waals surface area contributed by atoms with Crippen LogP contribution in [0.15, 0.2) is 0 Å². The predicted octanol–water partition coefficient (Wildman–Crippen LogP) is 1.81. The van der Waals surface area contributed by atoms with E-state index in [1.807, 2.05) is 20.8 Å². The van der Waals surface area contributed by atoms with Gasteiger partial charge in [0.15, 0.2) is 0 Å².